The Kier molecular flexibility index (Phi) is 5.19. The molecular weight excluding hydrogens is 425 g/mol. The van der Waals surface area contributed by atoms with Crippen molar-refractivity contribution in [3.05, 3.63) is 54.9 Å². The van der Waals surface area contributed by atoms with Crippen molar-refractivity contribution >= 4 is 33.5 Å². The highest BCUT2D eigenvalue weighted by atomic mass is 79.9. The fourth-order valence-electron chi connectivity index (χ4n) is 1.80. The predicted octanol–water partition coefficient (Wildman–Crippen LogP) is 4.11. The van der Waals surface area contributed by atoms with Crippen LogP contribution in [0.5, 0.6) is 0 Å². The average molecular weight is 433 g/mol. The van der Waals surface area contributed by atoms with E-state index in [1.807, 2.05) is 0 Å². The summed E-state index contributed by atoms with van der Waals surface area (Å²) in [5.41, 5.74) is -2.49. The Bertz CT molecular complexity index is 853. The zero-order chi connectivity index (χ0) is 18.2. The van der Waals surface area contributed by atoms with E-state index >= 15 is 0 Å². The Morgan fingerprint density at radius 3 is 2.54 bits per heavy atom. The Labute approximate surface area is 145 Å². The number of nitrogens with one attached hydrogen (secondary N) is 1. The van der Waals surface area contributed by atoms with Gasteiger partial charge in [0.2, 0.25) is 5.95 Å². The van der Waals surface area contributed by atoms with Crippen molar-refractivity contribution in [3.63, 3.8) is 0 Å². The molecule has 0 saturated heterocycles. The smallest absolute Gasteiger partial charge is 0.351 e. The molecule has 0 atom stereocenters. The van der Waals surface area contributed by atoms with Crippen LogP contribution in [0, 0.1) is 11.6 Å². The van der Waals surface area contributed by atoms with Crippen molar-refractivity contribution in [2.75, 3.05) is 5.32 Å². The summed E-state index contributed by atoms with van der Waals surface area (Å²) < 4.78 is 65.6. The van der Waals surface area contributed by atoms with Crippen molar-refractivity contribution in [2.45, 2.75) is 12.7 Å². The molecule has 0 aliphatic heterocycles. The highest BCUT2D eigenvalue weighted by Gasteiger charge is 2.37. The first-order valence-electron chi connectivity index (χ1n) is 6.24. The van der Waals surface area contributed by atoms with E-state index in [1.165, 1.54) is 7.05 Å². The van der Waals surface area contributed by atoms with Gasteiger partial charge in [-0.25, -0.2) is 13.8 Å². The summed E-state index contributed by atoms with van der Waals surface area (Å²) >= 11 is 7.99. The summed E-state index contributed by atoms with van der Waals surface area (Å²) in [7, 11) is 1.19. The van der Waals surface area contributed by atoms with Crippen molar-refractivity contribution < 1.29 is 22.0 Å². The SMILES string of the molecule is Cn1c(NCc2ccc(F)c(Cl)c2F)nc(C(F)(F)F)c(Br)c1=O. The second-order valence-electron chi connectivity index (χ2n) is 4.65. The maximum atomic E-state index is 13.8. The molecule has 0 radical (unpaired) electrons. The Morgan fingerprint density at radius 2 is 1.96 bits per heavy atom. The molecule has 4 nitrogen and oxygen atoms in total. The van der Waals surface area contributed by atoms with Gasteiger partial charge in [0.15, 0.2) is 5.69 Å². The summed E-state index contributed by atoms with van der Waals surface area (Å²) in [6.07, 6.45) is -4.85. The van der Waals surface area contributed by atoms with Gasteiger partial charge < -0.3 is 5.32 Å². The van der Waals surface area contributed by atoms with Crippen molar-refractivity contribution in [1.29, 1.82) is 0 Å². The van der Waals surface area contributed by atoms with Gasteiger partial charge in [-0.3, -0.25) is 9.36 Å². The van der Waals surface area contributed by atoms with Crippen molar-refractivity contribution in [2.24, 2.45) is 7.05 Å². The summed E-state index contributed by atoms with van der Waals surface area (Å²) in [6, 6.07) is 1.99. The van der Waals surface area contributed by atoms with Gasteiger partial charge >= 0.3 is 6.18 Å². The minimum absolute atomic E-state index is 0.105. The number of hydrogen-bond acceptors (Lipinski definition) is 3. The molecule has 11 heteroatoms. The zero-order valence-electron chi connectivity index (χ0n) is 11.8. The molecule has 2 rings (SSSR count). The van der Waals surface area contributed by atoms with Crippen LogP contribution >= 0.6 is 27.5 Å². The maximum absolute atomic E-state index is 13.8. The first-order valence-corrected chi connectivity index (χ1v) is 7.41. The van der Waals surface area contributed by atoms with E-state index in [9.17, 15) is 26.7 Å². The summed E-state index contributed by atoms with van der Waals surface area (Å²) in [4.78, 5) is 15.2. The first-order chi connectivity index (χ1) is 11.0. The molecule has 1 heterocycles. The molecule has 2 aromatic rings. The van der Waals surface area contributed by atoms with Crippen LogP contribution in [0.25, 0.3) is 0 Å². The predicted molar refractivity (Wildman–Crippen MR) is 80.9 cm³/mol. The van der Waals surface area contributed by atoms with E-state index in [0.29, 0.717) is 0 Å². The van der Waals surface area contributed by atoms with Gasteiger partial charge in [0, 0.05) is 19.2 Å². The zero-order valence-corrected chi connectivity index (χ0v) is 14.2. The molecule has 1 aromatic carbocycles. The van der Waals surface area contributed by atoms with E-state index in [0.717, 1.165) is 16.7 Å². The van der Waals surface area contributed by atoms with Crippen LogP contribution in [0.1, 0.15) is 11.3 Å². The third kappa shape index (κ3) is 3.54. The standard InChI is InChI=1S/C13H8BrClF5N3O/c1-23-11(24)7(14)10(13(18,19)20)22-12(23)21-4-5-2-3-6(16)8(15)9(5)17/h2-3H,4H2,1H3,(H,21,22). The number of anilines is 1. The number of nitrogens with zero attached hydrogens (tertiary/aromatic N) is 2. The number of benzene rings is 1. The lowest BCUT2D eigenvalue weighted by molar-refractivity contribution is -0.141. The molecule has 0 aliphatic rings. The van der Waals surface area contributed by atoms with Crippen LogP contribution in [-0.2, 0) is 19.8 Å². The van der Waals surface area contributed by atoms with E-state index in [1.54, 1.807) is 0 Å². The molecule has 1 N–H and O–H groups in total. The molecule has 0 bridgehead atoms. The molecule has 0 spiro atoms. The van der Waals surface area contributed by atoms with E-state index in [4.69, 9.17) is 11.6 Å². The number of hydrogen-bond donors (Lipinski definition) is 1. The van der Waals surface area contributed by atoms with E-state index < -0.39 is 44.5 Å². The van der Waals surface area contributed by atoms with Crippen LogP contribution in [0.4, 0.5) is 27.9 Å². The fourth-order valence-corrected chi connectivity index (χ4v) is 2.56. The summed E-state index contributed by atoms with van der Waals surface area (Å²) in [6.45, 7) is -0.356. The Morgan fingerprint density at radius 1 is 1.33 bits per heavy atom. The second kappa shape index (κ2) is 6.67. The van der Waals surface area contributed by atoms with Crippen LogP contribution in [0.2, 0.25) is 5.02 Å². The molecule has 130 valence electrons. The van der Waals surface area contributed by atoms with E-state index in [-0.39, 0.29) is 12.1 Å². The van der Waals surface area contributed by atoms with Gasteiger partial charge in [-0.15, -0.1) is 0 Å². The normalized spacial score (nSPS) is 11.7. The van der Waals surface area contributed by atoms with Crippen LogP contribution in [0.15, 0.2) is 21.4 Å². The number of halogens is 7. The average Bonchev–Trinajstić information content (AvgIpc) is 2.50. The molecular formula is C13H8BrClF5N3O. The van der Waals surface area contributed by atoms with Crippen LogP contribution in [0.3, 0.4) is 0 Å². The number of alkyl halides is 3. The highest BCUT2D eigenvalue weighted by molar-refractivity contribution is 9.10. The Balaban J connectivity index is 2.39. The molecule has 0 aliphatic carbocycles. The minimum atomic E-state index is -4.85. The second-order valence-corrected chi connectivity index (χ2v) is 5.82. The lowest BCUT2D eigenvalue weighted by Crippen LogP contribution is -2.27. The first kappa shape index (κ1) is 18.7. The van der Waals surface area contributed by atoms with Crippen molar-refractivity contribution in [1.82, 2.24) is 9.55 Å². The molecule has 24 heavy (non-hydrogen) atoms. The maximum Gasteiger partial charge on any atom is 0.434 e. The monoisotopic (exact) mass is 431 g/mol. The highest BCUT2D eigenvalue weighted by Crippen LogP contribution is 2.32. The van der Waals surface area contributed by atoms with Gasteiger partial charge in [-0.05, 0) is 22.0 Å². The third-order valence-electron chi connectivity index (χ3n) is 3.06. The molecule has 1 aromatic heterocycles. The molecule has 0 amide bonds. The van der Waals surface area contributed by atoms with Gasteiger partial charge in [0.25, 0.3) is 5.56 Å². The topological polar surface area (TPSA) is 46.9 Å². The molecule has 0 unspecified atom stereocenters. The lowest BCUT2D eigenvalue weighted by atomic mass is 10.2. The Hall–Kier alpha value is -1.68. The molecule has 0 fully saturated rings. The van der Waals surface area contributed by atoms with Gasteiger partial charge in [0.05, 0.1) is 0 Å². The summed E-state index contributed by atoms with van der Waals surface area (Å²) in [5, 5.41) is 1.67. The quantitative estimate of drug-likeness (QED) is 0.587. The number of aromatic nitrogens is 2. The minimum Gasteiger partial charge on any atom is -0.351 e. The largest absolute Gasteiger partial charge is 0.434 e. The lowest BCUT2D eigenvalue weighted by Gasteiger charge is -2.15. The van der Waals surface area contributed by atoms with E-state index in [2.05, 4.69) is 26.2 Å². The van der Waals surface area contributed by atoms with Crippen LogP contribution < -0.4 is 10.9 Å². The molecule has 0 saturated carbocycles. The van der Waals surface area contributed by atoms with Gasteiger partial charge in [-0.2, -0.15) is 13.2 Å². The fraction of sp³-hybridized carbons (Fsp3) is 0.231. The third-order valence-corrected chi connectivity index (χ3v) is 4.12. The van der Waals surface area contributed by atoms with Crippen LogP contribution in [-0.4, -0.2) is 9.55 Å². The van der Waals surface area contributed by atoms with Crippen molar-refractivity contribution in [3.8, 4) is 0 Å². The summed E-state index contributed by atoms with van der Waals surface area (Å²) in [5.74, 6) is -2.45. The van der Waals surface area contributed by atoms with Gasteiger partial charge in [0.1, 0.15) is 21.1 Å². The number of rotatable bonds is 3. The van der Waals surface area contributed by atoms with Gasteiger partial charge in [-0.1, -0.05) is 17.7 Å².